The Balaban J connectivity index is 1.65. The number of rotatable bonds is 8. The van der Waals surface area contributed by atoms with Gasteiger partial charge in [-0.05, 0) is 87.0 Å². The van der Waals surface area contributed by atoms with E-state index >= 15 is 0 Å². The fourth-order valence-electron chi connectivity index (χ4n) is 6.19. The minimum atomic E-state index is -1.34. The van der Waals surface area contributed by atoms with Crippen molar-refractivity contribution in [3.05, 3.63) is 101 Å². The lowest BCUT2D eigenvalue weighted by Crippen LogP contribution is -2.59. The largest absolute Gasteiger partial charge is 0.496 e. The molecule has 0 fully saturated rings. The van der Waals surface area contributed by atoms with Crippen molar-refractivity contribution < 1.29 is 38.2 Å². The molecule has 4 aromatic rings. The number of esters is 1. The lowest BCUT2D eigenvalue weighted by Gasteiger charge is -2.33. The third kappa shape index (κ3) is 8.07. The first-order chi connectivity index (χ1) is 25.2. The van der Waals surface area contributed by atoms with Crippen LogP contribution in [0.2, 0.25) is 0 Å². The van der Waals surface area contributed by atoms with Crippen LogP contribution in [0.4, 0.5) is 16.2 Å². The zero-order chi connectivity index (χ0) is 38.6. The number of hydrogen-bond acceptors (Lipinski definition) is 9. The Morgan fingerprint density at radius 2 is 1.60 bits per heavy atom. The van der Waals surface area contributed by atoms with Gasteiger partial charge in [0.15, 0.2) is 0 Å². The smallest absolute Gasteiger partial charge is 0.410 e. The number of anilines is 2. The highest BCUT2D eigenvalue weighted by Gasteiger charge is 2.43. The summed E-state index contributed by atoms with van der Waals surface area (Å²) in [6, 6.07) is 21.6. The second-order valence-electron chi connectivity index (χ2n) is 13.6. The number of fused-ring (bicyclic) bond motifs is 2. The maximum atomic E-state index is 14.9. The van der Waals surface area contributed by atoms with E-state index in [0.717, 1.165) is 15.7 Å². The van der Waals surface area contributed by atoms with E-state index in [9.17, 15) is 29.2 Å². The lowest BCUT2D eigenvalue weighted by molar-refractivity contribution is -0.128. The predicted octanol–water partition coefficient (Wildman–Crippen LogP) is 5.44. The summed E-state index contributed by atoms with van der Waals surface area (Å²) in [5.74, 6) is -1.86. The Labute approximate surface area is 307 Å². The average molecular weight is 720 g/mol. The molecule has 0 spiro atoms. The number of ether oxygens (including phenoxy) is 3. The molecule has 2 atom stereocenters. The van der Waals surface area contributed by atoms with Gasteiger partial charge in [-0.1, -0.05) is 30.3 Å². The summed E-state index contributed by atoms with van der Waals surface area (Å²) < 4.78 is 16.0. The quantitative estimate of drug-likeness (QED) is 0.234. The molecule has 0 aromatic heterocycles. The van der Waals surface area contributed by atoms with E-state index in [1.807, 2.05) is 36.4 Å². The molecule has 13 heteroatoms. The highest BCUT2D eigenvalue weighted by Crippen LogP contribution is 2.40. The van der Waals surface area contributed by atoms with Crippen molar-refractivity contribution >= 4 is 51.9 Å². The van der Waals surface area contributed by atoms with E-state index < -0.39 is 54.0 Å². The maximum absolute atomic E-state index is 14.9. The van der Waals surface area contributed by atoms with Gasteiger partial charge in [-0.25, -0.2) is 9.59 Å². The second-order valence-corrected chi connectivity index (χ2v) is 13.6. The summed E-state index contributed by atoms with van der Waals surface area (Å²) in [5.41, 5.74) is 1.04. The molecule has 53 heavy (non-hydrogen) atoms. The van der Waals surface area contributed by atoms with Crippen LogP contribution in [0, 0.1) is 11.3 Å². The van der Waals surface area contributed by atoms with Crippen LogP contribution in [0.25, 0.3) is 10.8 Å². The molecule has 0 bridgehead atoms. The highest BCUT2D eigenvalue weighted by atomic mass is 16.6. The number of amides is 4. The number of carbonyl (C=O) groups excluding carboxylic acids is 5. The normalized spacial score (nSPS) is 15.5. The third-order valence-corrected chi connectivity index (χ3v) is 8.78. The number of nitrogens with one attached hydrogen (secondary N) is 1. The van der Waals surface area contributed by atoms with Crippen molar-refractivity contribution in [2.24, 2.45) is 0 Å². The first-order valence-electron chi connectivity index (χ1n) is 16.8. The topological polar surface area (TPSA) is 159 Å². The minimum absolute atomic E-state index is 0.0327. The fraction of sp³-hybridized carbons (Fsp3) is 0.300. The third-order valence-electron chi connectivity index (χ3n) is 8.78. The standard InChI is InChI=1S/C40H41N5O8/c1-24-35(42-34(46)23-43(5)39(50)53-40(2,3)4)37(48)44(22-30-29-11-9-8-10-26(29)17-19-33(30)51-6)31-18-12-25(21-41)20-32(31)45(24)36(47)27-13-15-28(16-14-27)38(49)52-7/h8-20,24,35H,22-23H2,1-7H3,(H,42,46). The molecule has 1 aliphatic rings. The van der Waals surface area contributed by atoms with Crippen molar-refractivity contribution in [2.75, 3.05) is 37.6 Å². The number of likely N-dealkylation sites (N-methyl/N-ethyl adjacent to an activating group) is 1. The molecule has 274 valence electrons. The van der Waals surface area contributed by atoms with Gasteiger partial charge < -0.3 is 34.2 Å². The molecule has 13 nitrogen and oxygen atoms in total. The van der Waals surface area contributed by atoms with Gasteiger partial charge in [0.25, 0.3) is 11.8 Å². The van der Waals surface area contributed by atoms with E-state index in [0.29, 0.717) is 17.0 Å². The van der Waals surface area contributed by atoms with Gasteiger partial charge in [0.1, 0.15) is 23.9 Å². The SMILES string of the molecule is COC(=O)c1ccc(C(=O)N2c3cc(C#N)ccc3N(Cc3c(OC)ccc4ccccc34)C(=O)C(NC(=O)CN(C)C(=O)OC(C)(C)C)C2C)cc1. The van der Waals surface area contributed by atoms with E-state index in [-0.39, 0.29) is 28.9 Å². The number of benzene rings is 4. The van der Waals surface area contributed by atoms with Crippen molar-refractivity contribution in [1.29, 1.82) is 5.26 Å². The van der Waals surface area contributed by atoms with Crippen molar-refractivity contribution in [3.8, 4) is 11.8 Å². The summed E-state index contributed by atoms with van der Waals surface area (Å²) in [7, 11) is 4.18. The Kier molecular flexibility index (Phi) is 11.0. The molecular formula is C40H41N5O8. The lowest BCUT2D eigenvalue weighted by atomic mass is 10.0. The summed E-state index contributed by atoms with van der Waals surface area (Å²) in [4.78, 5) is 71.9. The first-order valence-corrected chi connectivity index (χ1v) is 16.8. The number of carbonyl (C=O) groups is 5. The first kappa shape index (κ1) is 37.8. The second kappa shape index (κ2) is 15.4. The van der Waals surface area contributed by atoms with Crippen LogP contribution >= 0.6 is 0 Å². The van der Waals surface area contributed by atoms with Gasteiger partial charge >= 0.3 is 12.1 Å². The van der Waals surface area contributed by atoms with Crippen molar-refractivity contribution in [1.82, 2.24) is 10.2 Å². The molecule has 0 saturated heterocycles. The van der Waals surface area contributed by atoms with Crippen molar-refractivity contribution in [3.63, 3.8) is 0 Å². The van der Waals surface area contributed by atoms with Crippen molar-refractivity contribution in [2.45, 2.75) is 51.9 Å². The van der Waals surface area contributed by atoms with Crippen LogP contribution in [0.3, 0.4) is 0 Å². The van der Waals surface area contributed by atoms with E-state index in [4.69, 9.17) is 14.2 Å². The van der Waals surface area contributed by atoms with Crippen LogP contribution in [0.15, 0.2) is 78.9 Å². The van der Waals surface area contributed by atoms with E-state index in [1.165, 1.54) is 61.4 Å². The van der Waals surface area contributed by atoms with Crippen LogP contribution in [0.1, 0.15) is 59.5 Å². The Hall–Kier alpha value is -6.42. The molecule has 1 heterocycles. The van der Waals surface area contributed by atoms with Gasteiger partial charge in [-0.15, -0.1) is 0 Å². The molecule has 4 amide bonds. The molecule has 2 unspecified atom stereocenters. The zero-order valence-electron chi connectivity index (χ0n) is 30.6. The van der Waals surface area contributed by atoms with Crippen LogP contribution in [0.5, 0.6) is 5.75 Å². The van der Waals surface area contributed by atoms with Gasteiger partial charge in [-0.2, -0.15) is 5.26 Å². The monoisotopic (exact) mass is 719 g/mol. The molecule has 5 rings (SSSR count). The van der Waals surface area contributed by atoms with Crippen LogP contribution in [-0.4, -0.2) is 80.2 Å². The number of hydrogen-bond donors (Lipinski definition) is 1. The molecule has 4 aromatic carbocycles. The number of methoxy groups -OCH3 is 2. The summed E-state index contributed by atoms with van der Waals surface area (Å²) in [6.07, 6.45) is -0.735. The van der Waals surface area contributed by atoms with Gasteiger partial charge in [0.05, 0.1) is 55.4 Å². The summed E-state index contributed by atoms with van der Waals surface area (Å²) >= 11 is 0. The highest BCUT2D eigenvalue weighted by molar-refractivity contribution is 6.14. The predicted molar refractivity (Wildman–Crippen MR) is 198 cm³/mol. The van der Waals surface area contributed by atoms with Crippen LogP contribution < -0.4 is 19.9 Å². The Morgan fingerprint density at radius 3 is 2.25 bits per heavy atom. The minimum Gasteiger partial charge on any atom is -0.496 e. The maximum Gasteiger partial charge on any atom is 0.410 e. The molecular weight excluding hydrogens is 678 g/mol. The molecule has 0 radical (unpaired) electrons. The summed E-state index contributed by atoms with van der Waals surface area (Å²) in [6.45, 7) is 6.24. The van der Waals surface area contributed by atoms with Gasteiger partial charge in [0.2, 0.25) is 5.91 Å². The van der Waals surface area contributed by atoms with E-state index in [2.05, 4.69) is 11.4 Å². The molecule has 1 N–H and O–H groups in total. The molecule has 1 aliphatic heterocycles. The fourth-order valence-corrected chi connectivity index (χ4v) is 6.19. The van der Waals surface area contributed by atoms with Crippen LogP contribution in [-0.2, 0) is 25.6 Å². The number of nitrogens with zero attached hydrogens (tertiary/aromatic N) is 4. The zero-order valence-corrected chi connectivity index (χ0v) is 30.6. The van der Waals surface area contributed by atoms with Gasteiger partial charge in [0, 0.05) is 18.2 Å². The Morgan fingerprint density at radius 1 is 0.925 bits per heavy atom. The van der Waals surface area contributed by atoms with Gasteiger partial charge in [-0.3, -0.25) is 14.4 Å². The Bertz CT molecular complexity index is 2120. The average Bonchev–Trinajstić information content (AvgIpc) is 3.21. The molecule has 0 saturated carbocycles. The number of nitriles is 1. The molecule has 0 aliphatic carbocycles. The summed E-state index contributed by atoms with van der Waals surface area (Å²) in [5, 5.41) is 14.5. The van der Waals surface area contributed by atoms with E-state index in [1.54, 1.807) is 39.8 Å².